The normalized spacial score (nSPS) is 11.9. The molecule has 0 aromatic carbocycles. The second-order valence-electron chi connectivity index (χ2n) is 3.35. The molecule has 0 spiro atoms. The first kappa shape index (κ1) is 12.8. The molecule has 0 radical (unpaired) electrons. The van der Waals surface area contributed by atoms with Gasteiger partial charge in [-0.2, -0.15) is 0 Å². The van der Waals surface area contributed by atoms with Gasteiger partial charge in [-0.15, -0.1) is 0 Å². The monoisotopic (exact) mass is 199 g/mol. The van der Waals surface area contributed by atoms with Crippen molar-refractivity contribution in [2.45, 2.75) is 26.2 Å². The molecule has 0 bridgehead atoms. The van der Waals surface area contributed by atoms with Gasteiger partial charge in [0.15, 0.2) is 0 Å². The summed E-state index contributed by atoms with van der Waals surface area (Å²) in [6.07, 6.45) is 1.66. The molecule has 4 heteroatoms. The molecular weight excluding hydrogens is 182 g/mol. The summed E-state index contributed by atoms with van der Waals surface area (Å²) < 4.78 is 0. The van der Waals surface area contributed by atoms with Crippen LogP contribution in [0.15, 0.2) is 0 Å². The van der Waals surface area contributed by atoms with Gasteiger partial charge in [0.2, 0.25) is 5.91 Å². The Balaban J connectivity index is 4.45. The molecule has 0 unspecified atom stereocenters. The first-order chi connectivity index (χ1) is 6.54. The van der Waals surface area contributed by atoms with E-state index in [0.29, 0.717) is 12.8 Å². The van der Waals surface area contributed by atoms with E-state index >= 15 is 0 Å². The predicted octanol–water partition coefficient (Wildman–Crippen LogP) is 0.649. The highest BCUT2D eigenvalue weighted by molar-refractivity contribution is 6.01. The largest absolute Gasteiger partial charge is 0.348 e. The maximum absolute atomic E-state index is 11.5. The van der Waals surface area contributed by atoms with Crippen molar-refractivity contribution >= 4 is 18.0 Å². The Labute approximate surface area is 84.3 Å². The Kier molecular flexibility index (Phi) is 5.76. The lowest BCUT2D eigenvalue weighted by Crippen LogP contribution is -2.34. The Morgan fingerprint density at radius 1 is 1.36 bits per heavy atom. The van der Waals surface area contributed by atoms with E-state index in [1.807, 2.05) is 0 Å². The maximum Gasteiger partial charge on any atom is 0.232 e. The standard InChI is InChI=1S/C10H17NO3/c1-4-9(13)8(6-5-7-12)10(14)11(2)3/h7-8H,4-6H2,1-3H3/t8-/m0/s1. The summed E-state index contributed by atoms with van der Waals surface area (Å²) in [5, 5.41) is 0. The first-order valence-electron chi connectivity index (χ1n) is 4.72. The summed E-state index contributed by atoms with van der Waals surface area (Å²) in [6, 6.07) is 0. The Hall–Kier alpha value is -1.19. The zero-order chi connectivity index (χ0) is 11.1. The van der Waals surface area contributed by atoms with Crippen molar-refractivity contribution < 1.29 is 14.4 Å². The molecule has 80 valence electrons. The first-order valence-corrected chi connectivity index (χ1v) is 4.72. The van der Waals surface area contributed by atoms with Crippen LogP contribution >= 0.6 is 0 Å². The van der Waals surface area contributed by atoms with Gasteiger partial charge in [0.1, 0.15) is 12.1 Å². The van der Waals surface area contributed by atoms with Crippen molar-refractivity contribution in [3.63, 3.8) is 0 Å². The number of hydrogen-bond donors (Lipinski definition) is 0. The number of ketones is 1. The SMILES string of the molecule is CCC(=O)[C@H](CCC=O)C(=O)N(C)C. The fourth-order valence-electron chi connectivity index (χ4n) is 1.21. The molecule has 0 aliphatic heterocycles. The molecule has 0 fully saturated rings. The van der Waals surface area contributed by atoms with Crippen molar-refractivity contribution in [1.29, 1.82) is 0 Å². The molecule has 0 saturated carbocycles. The van der Waals surface area contributed by atoms with E-state index < -0.39 is 5.92 Å². The van der Waals surface area contributed by atoms with Crippen molar-refractivity contribution in [2.75, 3.05) is 14.1 Å². The molecule has 0 aliphatic rings. The van der Waals surface area contributed by atoms with Gasteiger partial charge in [0, 0.05) is 26.9 Å². The molecular formula is C10H17NO3. The van der Waals surface area contributed by atoms with Gasteiger partial charge in [-0.3, -0.25) is 9.59 Å². The molecule has 0 rings (SSSR count). The van der Waals surface area contributed by atoms with Gasteiger partial charge in [0.25, 0.3) is 0 Å². The number of rotatable bonds is 6. The van der Waals surface area contributed by atoms with Crippen LogP contribution in [0, 0.1) is 5.92 Å². The molecule has 0 aromatic heterocycles. The smallest absolute Gasteiger partial charge is 0.232 e. The van der Waals surface area contributed by atoms with Gasteiger partial charge in [-0.1, -0.05) is 6.92 Å². The van der Waals surface area contributed by atoms with E-state index in [-0.39, 0.29) is 18.1 Å². The lowest BCUT2D eigenvalue weighted by molar-refractivity contribution is -0.139. The third kappa shape index (κ3) is 3.68. The second kappa shape index (κ2) is 6.29. The number of hydrogen-bond acceptors (Lipinski definition) is 3. The highest BCUT2D eigenvalue weighted by Gasteiger charge is 2.25. The van der Waals surface area contributed by atoms with Crippen molar-refractivity contribution in [2.24, 2.45) is 5.92 Å². The molecule has 0 saturated heterocycles. The molecule has 4 nitrogen and oxygen atoms in total. The number of nitrogens with zero attached hydrogens (tertiary/aromatic N) is 1. The number of Topliss-reactive ketones (excluding diaryl/α,β-unsaturated/α-hetero) is 1. The van der Waals surface area contributed by atoms with Crippen LogP contribution in [-0.2, 0) is 14.4 Å². The summed E-state index contributed by atoms with van der Waals surface area (Å²) in [5.41, 5.74) is 0. The quantitative estimate of drug-likeness (QED) is 0.466. The minimum absolute atomic E-state index is 0.0921. The van der Waals surface area contributed by atoms with Crippen LogP contribution in [0.3, 0.4) is 0 Å². The number of aldehydes is 1. The van der Waals surface area contributed by atoms with Crippen molar-refractivity contribution in [1.82, 2.24) is 4.90 Å². The van der Waals surface area contributed by atoms with E-state index in [2.05, 4.69) is 0 Å². The topological polar surface area (TPSA) is 54.5 Å². The zero-order valence-corrected chi connectivity index (χ0v) is 8.95. The lowest BCUT2D eigenvalue weighted by Gasteiger charge is -2.18. The Morgan fingerprint density at radius 2 is 1.93 bits per heavy atom. The van der Waals surface area contributed by atoms with Crippen LogP contribution in [0.5, 0.6) is 0 Å². The van der Waals surface area contributed by atoms with E-state index in [1.54, 1.807) is 21.0 Å². The lowest BCUT2D eigenvalue weighted by atomic mass is 9.95. The molecule has 1 amide bonds. The third-order valence-electron chi connectivity index (χ3n) is 2.05. The molecule has 14 heavy (non-hydrogen) atoms. The third-order valence-corrected chi connectivity index (χ3v) is 2.05. The summed E-state index contributed by atoms with van der Waals surface area (Å²) in [4.78, 5) is 34.5. The Bertz CT molecular complexity index is 223. The average molecular weight is 199 g/mol. The summed E-state index contributed by atoms with van der Waals surface area (Å²) in [5.74, 6) is -0.940. The minimum atomic E-state index is -0.639. The predicted molar refractivity (Wildman–Crippen MR) is 52.8 cm³/mol. The molecule has 1 atom stereocenters. The molecule has 0 aliphatic carbocycles. The summed E-state index contributed by atoms with van der Waals surface area (Å²) in [6.45, 7) is 1.72. The van der Waals surface area contributed by atoms with Gasteiger partial charge >= 0.3 is 0 Å². The van der Waals surface area contributed by atoms with Crippen LogP contribution in [0.25, 0.3) is 0 Å². The van der Waals surface area contributed by atoms with Crippen LogP contribution in [0.1, 0.15) is 26.2 Å². The molecule has 0 N–H and O–H groups in total. The minimum Gasteiger partial charge on any atom is -0.348 e. The Morgan fingerprint density at radius 3 is 2.29 bits per heavy atom. The van der Waals surface area contributed by atoms with Gasteiger partial charge in [-0.05, 0) is 6.42 Å². The van der Waals surface area contributed by atoms with Gasteiger partial charge < -0.3 is 9.69 Å². The number of carbonyl (C=O) groups is 3. The number of amides is 1. The van der Waals surface area contributed by atoms with Crippen molar-refractivity contribution in [3.8, 4) is 0 Å². The maximum atomic E-state index is 11.5. The second-order valence-corrected chi connectivity index (χ2v) is 3.35. The number of carbonyl (C=O) groups excluding carboxylic acids is 3. The zero-order valence-electron chi connectivity index (χ0n) is 8.95. The van der Waals surface area contributed by atoms with Crippen LogP contribution in [0.2, 0.25) is 0 Å². The van der Waals surface area contributed by atoms with Crippen LogP contribution in [0.4, 0.5) is 0 Å². The van der Waals surface area contributed by atoms with Crippen LogP contribution < -0.4 is 0 Å². The molecule has 0 aromatic rings. The van der Waals surface area contributed by atoms with E-state index in [1.165, 1.54) is 4.90 Å². The summed E-state index contributed by atoms with van der Waals surface area (Å²) >= 11 is 0. The fraction of sp³-hybridized carbons (Fsp3) is 0.700. The van der Waals surface area contributed by atoms with E-state index in [9.17, 15) is 14.4 Å². The van der Waals surface area contributed by atoms with Gasteiger partial charge in [-0.25, -0.2) is 0 Å². The molecule has 0 heterocycles. The average Bonchev–Trinajstić information content (AvgIpc) is 2.17. The summed E-state index contributed by atoms with van der Waals surface area (Å²) in [7, 11) is 3.22. The highest BCUT2D eigenvalue weighted by atomic mass is 16.2. The van der Waals surface area contributed by atoms with Gasteiger partial charge in [0.05, 0.1) is 5.92 Å². The highest BCUT2D eigenvalue weighted by Crippen LogP contribution is 2.11. The van der Waals surface area contributed by atoms with E-state index in [0.717, 1.165) is 6.29 Å². The fourth-order valence-corrected chi connectivity index (χ4v) is 1.21. The van der Waals surface area contributed by atoms with E-state index in [4.69, 9.17) is 0 Å². The van der Waals surface area contributed by atoms with Crippen LogP contribution in [-0.4, -0.2) is 37.0 Å². The van der Waals surface area contributed by atoms with Crippen molar-refractivity contribution in [3.05, 3.63) is 0 Å².